The van der Waals surface area contributed by atoms with E-state index < -0.39 is 6.04 Å². The van der Waals surface area contributed by atoms with Gasteiger partial charge in [-0.2, -0.15) is 0 Å². The van der Waals surface area contributed by atoms with Crippen LogP contribution in [0.25, 0.3) is 0 Å². The second-order valence-electron chi connectivity index (χ2n) is 4.26. The van der Waals surface area contributed by atoms with Crippen molar-refractivity contribution in [2.75, 3.05) is 12.4 Å². The lowest BCUT2D eigenvalue weighted by atomic mass is 10.2. The molecule has 0 amide bonds. The van der Waals surface area contributed by atoms with Crippen LogP contribution >= 0.6 is 11.3 Å². The molecule has 5 heteroatoms. The fraction of sp³-hybridized carbons (Fsp3) is 0.286. The second kappa shape index (κ2) is 5.84. The molecule has 0 aliphatic heterocycles. The molecule has 2 rings (SSSR count). The molecular formula is C14H16N2O2S. The van der Waals surface area contributed by atoms with E-state index in [0.717, 1.165) is 16.3 Å². The van der Waals surface area contributed by atoms with Crippen molar-refractivity contribution in [3.63, 3.8) is 0 Å². The molecule has 0 aliphatic rings. The molecule has 4 nitrogen and oxygen atoms in total. The monoisotopic (exact) mass is 276 g/mol. The molecule has 2 aromatic rings. The molecule has 0 bridgehead atoms. The first-order chi connectivity index (χ1) is 9.10. The van der Waals surface area contributed by atoms with Crippen molar-refractivity contribution in [2.24, 2.45) is 0 Å². The number of nitrogens with zero attached hydrogens (tertiary/aromatic N) is 1. The van der Waals surface area contributed by atoms with E-state index in [1.807, 2.05) is 43.5 Å². The average molecular weight is 276 g/mol. The first-order valence-corrected chi connectivity index (χ1v) is 6.81. The third kappa shape index (κ3) is 3.32. The van der Waals surface area contributed by atoms with Crippen molar-refractivity contribution in [1.29, 1.82) is 0 Å². The van der Waals surface area contributed by atoms with Crippen LogP contribution in [0.2, 0.25) is 0 Å². The van der Waals surface area contributed by atoms with Gasteiger partial charge < -0.3 is 10.1 Å². The number of carbonyl (C=O) groups is 1. The van der Waals surface area contributed by atoms with Gasteiger partial charge in [-0.3, -0.25) is 0 Å². The largest absolute Gasteiger partial charge is 0.467 e. The van der Waals surface area contributed by atoms with Crippen LogP contribution in [0.15, 0.2) is 29.6 Å². The maximum absolute atomic E-state index is 11.9. The fourth-order valence-corrected chi connectivity index (χ4v) is 2.42. The van der Waals surface area contributed by atoms with Crippen LogP contribution in [-0.4, -0.2) is 18.1 Å². The zero-order chi connectivity index (χ0) is 13.8. The van der Waals surface area contributed by atoms with Crippen LogP contribution < -0.4 is 5.32 Å². The van der Waals surface area contributed by atoms with Crippen LogP contribution in [-0.2, 0) is 9.53 Å². The Hall–Kier alpha value is -1.88. The van der Waals surface area contributed by atoms with Crippen LogP contribution in [0, 0.1) is 13.8 Å². The lowest BCUT2D eigenvalue weighted by Gasteiger charge is -2.16. The number of nitrogens with one attached hydrogen (secondary N) is 1. The van der Waals surface area contributed by atoms with Crippen molar-refractivity contribution >= 4 is 23.0 Å². The smallest absolute Gasteiger partial charge is 0.334 e. The number of anilines is 1. The van der Waals surface area contributed by atoms with Gasteiger partial charge in [0.15, 0.2) is 6.04 Å². The molecule has 0 radical (unpaired) electrons. The number of esters is 1. The Balaban J connectivity index is 2.26. The molecule has 0 fully saturated rings. The van der Waals surface area contributed by atoms with Gasteiger partial charge in [0.2, 0.25) is 0 Å². The Bertz CT molecular complexity index is 580. The first-order valence-electron chi connectivity index (χ1n) is 5.93. The summed E-state index contributed by atoms with van der Waals surface area (Å²) in [6.45, 7) is 3.92. The number of hydrogen-bond donors (Lipinski definition) is 1. The van der Waals surface area contributed by atoms with E-state index in [-0.39, 0.29) is 5.97 Å². The predicted molar refractivity (Wildman–Crippen MR) is 76.4 cm³/mol. The van der Waals surface area contributed by atoms with Gasteiger partial charge in [0.25, 0.3) is 0 Å². The van der Waals surface area contributed by atoms with Gasteiger partial charge in [-0.05, 0) is 31.5 Å². The summed E-state index contributed by atoms with van der Waals surface area (Å²) < 4.78 is 4.84. The van der Waals surface area contributed by atoms with Gasteiger partial charge in [0.05, 0.1) is 17.8 Å². The number of ether oxygens (including phenoxy) is 1. The highest BCUT2D eigenvalue weighted by atomic mass is 32.1. The summed E-state index contributed by atoms with van der Waals surface area (Å²) in [5.74, 6) is -0.341. The van der Waals surface area contributed by atoms with Gasteiger partial charge >= 0.3 is 5.97 Å². The molecule has 100 valence electrons. The van der Waals surface area contributed by atoms with E-state index in [2.05, 4.69) is 10.3 Å². The van der Waals surface area contributed by atoms with Crippen molar-refractivity contribution < 1.29 is 9.53 Å². The van der Waals surface area contributed by atoms with E-state index in [0.29, 0.717) is 5.69 Å². The van der Waals surface area contributed by atoms with Gasteiger partial charge in [-0.1, -0.05) is 12.1 Å². The molecule has 19 heavy (non-hydrogen) atoms. The molecule has 0 saturated carbocycles. The summed E-state index contributed by atoms with van der Waals surface area (Å²) in [7, 11) is 1.38. The van der Waals surface area contributed by atoms with Crippen molar-refractivity contribution in [2.45, 2.75) is 19.9 Å². The SMILES string of the molecule is COC(=O)C(Nc1cccc(C)c1)c1csc(C)n1. The highest BCUT2D eigenvalue weighted by molar-refractivity contribution is 7.09. The van der Waals surface area contributed by atoms with Gasteiger partial charge in [0.1, 0.15) is 0 Å². The maximum atomic E-state index is 11.9. The molecule has 1 N–H and O–H groups in total. The lowest BCUT2D eigenvalue weighted by molar-refractivity contribution is -0.141. The minimum Gasteiger partial charge on any atom is -0.467 e. The zero-order valence-electron chi connectivity index (χ0n) is 11.1. The summed E-state index contributed by atoms with van der Waals surface area (Å²) in [6, 6.07) is 7.28. The topological polar surface area (TPSA) is 51.2 Å². The summed E-state index contributed by atoms with van der Waals surface area (Å²) >= 11 is 1.52. The summed E-state index contributed by atoms with van der Waals surface area (Å²) in [5, 5.41) is 5.97. The van der Waals surface area contributed by atoms with E-state index >= 15 is 0 Å². The number of aryl methyl sites for hydroxylation is 2. The number of hydrogen-bond acceptors (Lipinski definition) is 5. The van der Waals surface area contributed by atoms with Gasteiger partial charge in [-0.15, -0.1) is 11.3 Å². The van der Waals surface area contributed by atoms with Crippen LogP contribution in [0.3, 0.4) is 0 Å². The molecule has 0 aliphatic carbocycles. The van der Waals surface area contributed by atoms with Gasteiger partial charge in [-0.25, -0.2) is 9.78 Å². The average Bonchev–Trinajstić information content (AvgIpc) is 2.81. The minimum absolute atomic E-state index is 0.341. The molecule has 0 saturated heterocycles. The second-order valence-corrected chi connectivity index (χ2v) is 5.32. The van der Waals surface area contributed by atoms with Crippen molar-refractivity contribution in [3.8, 4) is 0 Å². The van der Waals surface area contributed by atoms with Crippen molar-refractivity contribution in [3.05, 3.63) is 45.9 Å². The Morgan fingerprint density at radius 2 is 2.21 bits per heavy atom. The van der Waals surface area contributed by atoms with E-state index in [4.69, 9.17) is 4.74 Å². The van der Waals surface area contributed by atoms with E-state index in [9.17, 15) is 4.79 Å². The molecule has 0 spiro atoms. The number of methoxy groups -OCH3 is 1. The Morgan fingerprint density at radius 1 is 1.42 bits per heavy atom. The number of thiazole rings is 1. The highest BCUT2D eigenvalue weighted by Gasteiger charge is 2.23. The lowest BCUT2D eigenvalue weighted by Crippen LogP contribution is -2.22. The molecule has 1 atom stereocenters. The zero-order valence-corrected chi connectivity index (χ0v) is 12.0. The van der Waals surface area contributed by atoms with Crippen LogP contribution in [0.1, 0.15) is 22.3 Å². The molecule has 1 aromatic heterocycles. The third-order valence-electron chi connectivity index (χ3n) is 2.70. The Morgan fingerprint density at radius 3 is 2.79 bits per heavy atom. The number of rotatable bonds is 4. The predicted octanol–water partition coefficient (Wildman–Crippen LogP) is 3.09. The van der Waals surface area contributed by atoms with E-state index in [1.54, 1.807) is 0 Å². The maximum Gasteiger partial charge on any atom is 0.334 e. The Kier molecular flexibility index (Phi) is 4.16. The van der Waals surface area contributed by atoms with Crippen molar-refractivity contribution in [1.82, 2.24) is 4.98 Å². The fourth-order valence-electron chi connectivity index (χ4n) is 1.79. The minimum atomic E-state index is -0.572. The number of aromatic nitrogens is 1. The Labute approximate surface area is 116 Å². The number of carbonyl (C=O) groups excluding carboxylic acids is 1. The summed E-state index contributed by atoms with van der Waals surface area (Å²) in [4.78, 5) is 16.2. The quantitative estimate of drug-likeness (QED) is 0.872. The highest BCUT2D eigenvalue weighted by Crippen LogP contribution is 2.23. The summed E-state index contributed by atoms with van der Waals surface area (Å²) in [6.07, 6.45) is 0. The van der Waals surface area contributed by atoms with E-state index in [1.165, 1.54) is 18.4 Å². The molecular weight excluding hydrogens is 260 g/mol. The third-order valence-corrected chi connectivity index (χ3v) is 3.49. The molecule has 1 heterocycles. The van der Waals surface area contributed by atoms with Crippen LogP contribution in [0.5, 0.6) is 0 Å². The summed E-state index contributed by atoms with van der Waals surface area (Å²) in [5.41, 5.74) is 2.69. The first kappa shape index (κ1) is 13.5. The number of benzene rings is 1. The standard InChI is InChI=1S/C14H16N2O2S/c1-9-5-4-6-11(7-9)16-13(14(17)18-3)12-8-19-10(2)15-12/h4-8,13,16H,1-3H3. The van der Waals surface area contributed by atoms with Crippen LogP contribution in [0.4, 0.5) is 5.69 Å². The normalized spacial score (nSPS) is 11.9. The molecule has 1 aromatic carbocycles. The van der Waals surface area contributed by atoms with Gasteiger partial charge in [0, 0.05) is 11.1 Å². The molecule has 1 unspecified atom stereocenters.